The molecule has 0 saturated heterocycles. The number of amides is 1. The summed E-state index contributed by atoms with van der Waals surface area (Å²) in [6, 6.07) is 6.67. The van der Waals surface area contributed by atoms with Gasteiger partial charge < -0.3 is 4.90 Å². The molecule has 0 aromatic heterocycles. The minimum Gasteiger partial charge on any atom is -0.309 e. The summed E-state index contributed by atoms with van der Waals surface area (Å²) >= 11 is 0. The van der Waals surface area contributed by atoms with E-state index >= 15 is 0 Å². The SMILES string of the molecule is CC(C)c1ccc2c(c1)C(C)(C)C(=O)N2C(C)C. The highest BCUT2D eigenvalue weighted by molar-refractivity contribution is 6.08. The Bertz CT molecular complexity index is 486. The van der Waals surface area contributed by atoms with Crippen molar-refractivity contribution >= 4 is 11.6 Å². The molecular formula is C16H23NO. The lowest BCUT2D eigenvalue weighted by Gasteiger charge is -2.24. The zero-order chi connectivity index (χ0) is 13.7. The first-order valence-corrected chi connectivity index (χ1v) is 6.75. The molecule has 0 N–H and O–H groups in total. The minimum absolute atomic E-state index is 0.211. The number of hydrogen-bond donors (Lipinski definition) is 0. The molecule has 1 aliphatic heterocycles. The number of hydrogen-bond acceptors (Lipinski definition) is 1. The second kappa shape index (κ2) is 4.11. The summed E-state index contributed by atoms with van der Waals surface area (Å²) in [5, 5.41) is 0. The fourth-order valence-corrected chi connectivity index (χ4v) is 2.66. The van der Waals surface area contributed by atoms with E-state index in [0.29, 0.717) is 5.92 Å². The Balaban J connectivity index is 2.61. The van der Waals surface area contributed by atoms with E-state index in [1.165, 1.54) is 11.1 Å². The molecule has 2 nitrogen and oxygen atoms in total. The molecule has 0 fully saturated rings. The zero-order valence-electron chi connectivity index (χ0n) is 12.2. The van der Waals surface area contributed by atoms with Gasteiger partial charge in [-0.3, -0.25) is 4.79 Å². The molecule has 1 aromatic carbocycles. The van der Waals surface area contributed by atoms with E-state index < -0.39 is 5.41 Å². The molecule has 1 aromatic rings. The lowest BCUT2D eigenvalue weighted by molar-refractivity contribution is -0.122. The van der Waals surface area contributed by atoms with Gasteiger partial charge in [0.25, 0.3) is 0 Å². The number of anilines is 1. The summed E-state index contributed by atoms with van der Waals surface area (Å²) in [6.45, 7) is 12.6. The Morgan fingerprint density at radius 1 is 1.11 bits per heavy atom. The molecule has 2 rings (SSSR count). The Morgan fingerprint density at radius 2 is 1.72 bits per heavy atom. The van der Waals surface area contributed by atoms with Crippen LogP contribution >= 0.6 is 0 Å². The fourth-order valence-electron chi connectivity index (χ4n) is 2.66. The van der Waals surface area contributed by atoms with Gasteiger partial charge >= 0.3 is 0 Å². The van der Waals surface area contributed by atoms with Crippen LogP contribution < -0.4 is 4.90 Å². The van der Waals surface area contributed by atoms with Gasteiger partial charge in [0.15, 0.2) is 0 Å². The van der Waals surface area contributed by atoms with Crippen molar-refractivity contribution in [2.75, 3.05) is 4.90 Å². The van der Waals surface area contributed by atoms with Gasteiger partial charge in [-0.2, -0.15) is 0 Å². The monoisotopic (exact) mass is 245 g/mol. The number of fused-ring (bicyclic) bond motifs is 1. The number of carbonyl (C=O) groups excluding carboxylic acids is 1. The van der Waals surface area contributed by atoms with Crippen LogP contribution in [0, 0.1) is 0 Å². The quantitative estimate of drug-likeness (QED) is 0.775. The molecule has 0 radical (unpaired) electrons. The molecule has 0 aliphatic carbocycles. The molecule has 0 atom stereocenters. The highest BCUT2D eigenvalue weighted by atomic mass is 16.2. The van der Waals surface area contributed by atoms with E-state index in [-0.39, 0.29) is 11.9 Å². The van der Waals surface area contributed by atoms with Crippen molar-refractivity contribution in [2.24, 2.45) is 0 Å². The van der Waals surface area contributed by atoms with Gasteiger partial charge in [-0.05, 0) is 50.8 Å². The van der Waals surface area contributed by atoms with Crippen LogP contribution in [0.3, 0.4) is 0 Å². The topological polar surface area (TPSA) is 20.3 Å². The normalized spacial score (nSPS) is 17.8. The average molecular weight is 245 g/mol. The van der Waals surface area contributed by atoms with E-state index in [0.717, 1.165) is 5.69 Å². The first kappa shape index (κ1) is 13.1. The minimum atomic E-state index is -0.398. The summed E-state index contributed by atoms with van der Waals surface area (Å²) in [7, 11) is 0. The summed E-state index contributed by atoms with van der Waals surface area (Å²) in [5.74, 6) is 0.711. The van der Waals surface area contributed by atoms with Gasteiger partial charge in [0.1, 0.15) is 0 Å². The Labute approximate surface area is 110 Å². The standard InChI is InChI=1S/C16H23NO/c1-10(2)12-7-8-14-13(9-12)16(5,6)15(18)17(14)11(3)4/h7-11H,1-6H3. The van der Waals surface area contributed by atoms with Crippen molar-refractivity contribution in [1.29, 1.82) is 0 Å². The molecule has 1 amide bonds. The summed E-state index contributed by atoms with van der Waals surface area (Å²) in [5.41, 5.74) is 3.17. The largest absolute Gasteiger partial charge is 0.309 e. The van der Waals surface area contributed by atoms with Gasteiger partial charge in [0.2, 0.25) is 5.91 Å². The molecular weight excluding hydrogens is 222 g/mol. The Morgan fingerprint density at radius 3 is 2.22 bits per heavy atom. The fraction of sp³-hybridized carbons (Fsp3) is 0.562. The second-order valence-electron chi connectivity index (χ2n) is 6.33. The van der Waals surface area contributed by atoms with Gasteiger partial charge in [0.05, 0.1) is 5.41 Å². The summed E-state index contributed by atoms with van der Waals surface area (Å²) in [6.07, 6.45) is 0. The Hall–Kier alpha value is -1.31. The van der Waals surface area contributed by atoms with Crippen LogP contribution in [0.15, 0.2) is 18.2 Å². The van der Waals surface area contributed by atoms with Gasteiger partial charge in [-0.15, -0.1) is 0 Å². The maximum absolute atomic E-state index is 12.5. The molecule has 98 valence electrons. The maximum Gasteiger partial charge on any atom is 0.237 e. The second-order valence-corrected chi connectivity index (χ2v) is 6.33. The smallest absolute Gasteiger partial charge is 0.237 e. The third-order valence-corrected chi connectivity index (χ3v) is 3.89. The first-order valence-electron chi connectivity index (χ1n) is 6.75. The number of nitrogens with zero attached hydrogens (tertiary/aromatic N) is 1. The van der Waals surface area contributed by atoms with Gasteiger partial charge in [0, 0.05) is 11.7 Å². The summed E-state index contributed by atoms with van der Waals surface area (Å²) in [4.78, 5) is 14.5. The van der Waals surface area contributed by atoms with Crippen molar-refractivity contribution < 1.29 is 4.79 Å². The third kappa shape index (κ3) is 1.75. The molecule has 0 spiro atoms. The van der Waals surface area contributed by atoms with Crippen molar-refractivity contribution in [3.8, 4) is 0 Å². The Kier molecular flexibility index (Phi) is 3.00. The van der Waals surface area contributed by atoms with E-state index in [2.05, 4.69) is 45.9 Å². The van der Waals surface area contributed by atoms with E-state index in [4.69, 9.17) is 0 Å². The number of carbonyl (C=O) groups is 1. The molecule has 2 heteroatoms. The van der Waals surface area contributed by atoms with Crippen molar-refractivity contribution in [2.45, 2.75) is 58.9 Å². The van der Waals surface area contributed by atoms with Gasteiger partial charge in [-0.1, -0.05) is 26.0 Å². The molecule has 1 aliphatic rings. The number of benzene rings is 1. The van der Waals surface area contributed by atoms with Gasteiger partial charge in [-0.25, -0.2) is 0 Å². The van der Waals surface area contributed by atoms with Crippen LogP contribution in [0.25, 0.3) is 0 Å². The predicted octanol–water partition coefficient (Wildman–Crippen LogP) is 3.84. The van der Waals surface area contributed by atoms with Crippen LogP contribution in [0.5, 0.6) is 0 Å². The van der Waals surface area contributed by atoms with E-state index in [1.807, 2.05) is 18.7 Å². The lowest BCUT2D eigenvalue weighted by Crippen LogP contribution is -2.40. The van der Waals surface area contributed by atoms with E-state index in [9.17, 15) is 4.79 Å². The summed E-state index contributed by atoms with van der Waals surface area (Å²) < 4.78 is 0. The highest BCUT2D eigenvalue weighted by Gasteiger charge is 2.44. The molecule has 0 bridgehead atoms. The molecule has 1 heterocycles. The van der Waals surface area contributed by atoms with E-state index in [1.54, 1.807) is 0 Å². The molecule has 18 heavy (non-hydrogen) atoms. The van der Waals surface area contributed by atoms with Crippen LogP contribution in [0.2, 0.25) is 0 Å². The molecule has 0 unspecified atom stereocenters. The predicted molar refractivity (Wildman–Crippen MR) is 76.2 cm³/mol. The van der Waals surface area contributed by atoms with Crippen LogP contribution in [0.4, 0.5) is 5.69 Å². The zero-order valence-corrected chi connectivity index (χ0v) is 12.2. The maximum atomic E-state index is 12.5. The van der Waals surface area contributed by atoms with Crippen molar-refractivity contribution in [3.05, 3.63) is 29.3 Å². The number of rotatable bonds is 2. The first-order chi connectivity index (χ1) is 8.26. The third-order valence-electron chi connectivity index (χ3n) is 3.89. The lowest BCUT2D eigenvalue weighted by atomic mass is 9.84. The molecule has 0 saturated carbocycles. The van der Waals surface area contributed by atoms with Crippen LogP contribution in [0.1, 0.15) is 58.6 Å². The average Bonchev–Trinajstić information content (AvgIpc) is 2.47. The van der Waals surface area contributed by atoms with Crippen LogP contribution in [-0.2, 0) is 10.2 Å². The van der Waals surface area contributed by atoms with Crippen LogP contribution in [-0.4, -0.2) is 11.9 Å². The highest BCUT2D eigenvalue weighted by Crippen LogP contribution is 2.43. The van der Waals surface area contributed by atoms with Crippen molar-refractivity contribution in [3.63, 3.8) is 0 Å². The van der Waals surface area contributed by atoms with Crippen molar-refractivity contribution in [1.82, 2.24) is 0 Å².